The van der Waals surface area contributed by atoms with Gasteiger partial charge in [-0.3, -0.25) is 0 Å². The Hall–Kier alpha value is -2.37. The van der Waals surface area contributed by atoms with Gasteiger partial charge in [-0.05, 0) is 19.1 Å². The number of carbonyl (C=O) groups excluding carboxylic acids is 1. The zero-order chi connectivity index (χ0) is 13.1. The van der Waals surface area contributed by atoms with Crippen LogP contribution in [0.25, 0.3) is 5.69 Å². The molecule has 6 heteroatoms. The first kappa shape index (κ1) is 12.1. The van der Waals surface area contributed by atoms with E-state index in [0.29, 0.717) is 0 Å². The smallest absolute Gasteiger partial charge is 0.359 e. The second-order valence-corrected chi connectivity index (χ2v) is 3.53. The Morgan fingerprint density at radius 2 is 2.22 bits per heavy atom. The minimum atomic E-state index is -0.629. The van der Waals surface area contributed by atoms with Crippen molar-refractivity contribution in [2.75, 3.05) is 12.3 Å². The lowest BCUT2D eigenvalue weighted by Gasteiger charge is -2.08. The van der Waals surface area contributed by atoms with E-state index >= 15 is 0 Å². The molecule has 5 nitrogen and oxygen atoms in total. The standard InChI is InChI=1S/C12H12FN3O2/c1-2-18-12(17)11-9(14)7-15-16(11)10-6-4-3-5-8(10)13/h3-7H,2,14H2,1H3. The van der Waals surface area contributed by atoms with Crippen LogP contribution in [-0.4, -0.2) is 22.4 Å². The number of nitrogen functional groups attached to an aromatic ring is 1. The molecule has 18 heavy (non-hydrogen) atoms. The number of aromatic nitrogens is 2. The predicted octanol–water partition coefficient (Wildman–Crippen LogP) is 1.77. The number of nitrogens with zero attached hydrogens (tertiary/aromatic N) is 2. The highest BCUT2D eigenvalue weighted by Gasteiger charge is 2.20. The maximum absolute atomic E-state index is 13.7. The van der Waals surface area contributed by atoms with Crippen LogP contribution in [0.4, 0.5) is 10.1 Å². The number of anilines is 1. The average Bonchev–Trinajstić information content (AvgIpc) is 2.72. The van der Waals surface area contributed by atoms with Gasteiger partial charge in [0.1, 0.15) is 11.5 Å². The van der Waals surface area contributed by atoms with Crippen LogP contribution in [0.2, 0.25) is 0 Å². The van der Waals surface area contributed by atoms with E-state index in [4.69, 9.17) is 10.5 Å². The van der Waals surface area contributed by atoms with Crippen LogP contribution >= 0.6 is 0 Å². The van der Waals surface area contributed by atoms with Crippen LogP contribution in [0.15, 0.2) is 30.5 Å². The van der Waals surface area contributed by atoms with Crippen molar-refractivity contribution in [2.45, 2.75) is 6.92 Å². The van der Waals surface area contributed by atoms with Gasteiger partial charge in [0, 0.05) is 0 Å². The summed E-state index contributed by atoms with van der Waals surface area (Å²) in [4.78, 5) is 11.7. The molecule has 2 rings (SSSR count). The van der Waals surface area contributed by atoms with Crippen LogP contribution in [-0.2, 0) is 4.74 Å². The fraction of sp³-hybridized carbons (Fsp3) is 0.167. The molecule has 0 spiro atoms. The molecular weight excluding hydrogens is 237 g/mol. The Bertz CT molecular complexity index is 580. The highest BCUT2D eigenvalue weighted by atomic mass is 19.1. The third-order valence-corrected chi connectivity index (χ3v) is 2.35. The average molecular weight is 249 g/mol. The van der Waals surface area contributed by atoms with Crippen LogP contribution in [0.3, 0.4) is 0 Å². The SMILES string of the molecule is CCOC(=O)c1c(N)cnn1-c1ccccc1F. The minimum absolute atomic E-state index is 0.0296. The van der Waals surface area contributed by atoms with Crippen molar-refractivity contribution in [1.82, 2.24) is 9.78 Å². The summed E-state index contributed by atoms with van der Waals surface area (Å²) in [6, 6.07) is 5.98. The van der Waals surface area contributed by atoms with E-state index in [1.807, 2.05) is 0 Å². The molecule has 2 N–H and O–H groups in total. The second-order valence-electron chi connectivity index (χ2n) is 3.53. The number of halogens is 1. The molecule has 1 aromatic heterocycles. The molecule has 94 valence electrons. The van der Waals surface area contributed by atoms with Gasteiger partial charge in [-0.25, -0.2) is 13.9 Å². The van der Waals surface area contributed by atoms with Crippen molar-refractivity contribution in [1.29, 1.82) is 0 Å². The van der Waals surface area contributed by atoms with Gasteiger partial charge in [-0.1, -0.05) is 12.1 Å². The van der Waals surface area contributed by atoms with Crippen molar-refractivity contribution in [2.24, 2.45) is 0 Å². The third kappa shape index (κ3) is 2.04. The number of hydrogen-bond donors (Lipinski definition) is 1. The van der Waals surface area contributed by atoms with Crippen LogP contribution in [0.5, 0.6) is 0 Å². The number of benzene rings is 1. The van der Waals surface area contributed by atoms with Gasteiger partial charge < -0.3 is 10.5 Å². The summed E-state index contributed by atoms with van der Waals surface area (Å²) in [5, 5.41) is 3.90. The Balaban J connectivity index is 2.53. The highest BCUT2D eigenvalue weighted by Crippen LogP contribution is 2.19. The molecule has 0 bridgehead atoms. The second kappa shape index (κ2) is 4.87. The molecule has 0 amide bonds. The van der Waals surface area contributed by atoms with Crippen molar-refractivity contribution in [3.8, 4) is 5.69 Å². The normalized spacial score (nSPS) is 10.3. The number of para-hydroxylation sites is 1. The molecule has 0 fully saturated rings. The summed E-state index contributed by atoms with van der Waals surface area (Å²) in [5.41, 5.74) is 5.98. The first-order chi connectivity index (χ1) is 8.65. The van der Waals surface area contributed by atoms with Crippen molar-refractivity contribution >= 4 is 11.7 Å². The highest BCUT2D eigenvalue weighted by molar-refractivity contribution is 5.93. The van der Waals surface area contributed by atoms with E-state index in [-0.39, 0.29) is 23.7 Å². The van der Waals surface area contributed by atoms with Crippen LogP contribution < -0.4 is 5.73 Å². The summed E-state index contributed by atoms with van der Waals surface area (Å²) in [6.07, 6.45) is 1.29. The number of hydrogen-bond acceptors (Lipinski definition) is 4. The lowest BCUT2D eigenvalue weighted by molar-refractivity contribution is 0.0517. The molecule has 0 unspecified atom stereocenters. The topological polar surface area (TPSA) is 70.1 Å². The molecule has 0 saturated heterocycles. The molecule has 1 aromatic carbocycles. The van der Waals surface area contributed by atoms with Crippen molar-refractivity contribution < 1.29 is 13.9 Å². The Kier molecular flexibility index (Phi) is 3.27. The lowest BCUT2D eigenvalue weighted by atomic mass is 10.3. The summed E-state index contributed by atoms with van der Waals surface area (Å²) in [5.74, 6) is -1.12. The van der Waals surface area contributed by atoms with Gasteiger partial charge in [-0.2, -0.15) is 5.10 Å². The fourth-order valence-electron chi connectivity index (χ4n) is 1.57. The molecule has 0 saturated carbocycles. The quantitative estimate of drug-likeness (QED) is 0.841. The van der Waals surface area contributed by atoms with E-state index in [1.165, 1.54) is 18.3 Å². The van der Waals surface area contributed by atoms with Gasteiger partial charge >= 0.3 is 5.97 Å². The van der Waals surface area contributed by atoms with E-state index in [2.05, 4.69) is 5.10 Å². The molecule has 0 atom stereocenters. The Labute approximate surface area is 103 Å². The Morgan fingerprint density at radius 1 is 1.50 bits per heavy atom. The first-order valence-corrected chi connectivity index (χ1v) is 5.40. The van der Waals surface area contributed by atoms with E-state index < -0.39 is 11.8 Å². The molecule has 0 aliphatic rings. The first-order valence-electron chi connectivity index (χ1n) is 5.40. The molecule has 1 heterocycles. The maximum atomic E-state index is 13.7. The zero-order valence-electron chi connectivity index (χ0n) is 9.76. The largest absolute Gasteiger partial charge is 0.461 e. The number of ether oxygens (including phenoxy) is 1. The number of esters is 1. The Morgan fingerprint density at radius 3 is 2.89 bits per heavy atom. The molecule has 0 radical (unpaired) electrons. The van der Waals surface area contributed by atoms with E-state index in [1.54, 1.807) is 19.1 Å². The van der Waals surface area contributed by atoms with Crippen molar-refractivity contribution in [3.05, 3.63) is 42.0 Å². The number of nitrogens with two attached hydrogens (primary N) is 1. The van der Waals surface area contributed by atoms with Gasteiger partial charge in [-0.15, -0.1) is 0 Å². The summed E-state index contributed by atoms with van der Waals surface area (Å²) >= 11 is 0. The van der Waals surface area contributed by atoms with Crippen LogP contribution in [0, 0.1) is 5.82 Å². The number of carbonyl (C=O) groups is 1. The molecule has 0 aliphatic heterocycles. The molecule has 0 aliphatic carbocycles. The monoisotopic (exact) mass is 249 g/mol. The summed E-state index contributed by atoms with van der Waals surface area (Å²) < 4.78 is 19.7. The van der Waals surface area contributed by atoms with Gasteiger partial charge in [0.25, 0.3) is 0 Å². The zero-order valence-corrected chi connectivity index (χ0v) is 9.76. The summed E-state index contributed by atoms with van der Waals surface area (Å²) in [7, 11) is 0. The van der Waals surface area contributed by atoms with Gasteiger partial charge in [0.05, 0.1) is 18.5 Å². The third-order valence-electron chi connectivity index (χ3n) is 2.35. The predicted molar refractivity (Wildman–Crippen MR) is 63.9 cm³/mol. The van der Waals surface area contributed by atoms with Crippen LogP contribution in [0.1, 0.15) is 17.4 Å². The van der Waals surface area contributed by atoms with E-state index in [9.17, 15) is 9.18 Å². The van der Waals surface area contributed by atoms with E-state index in [0.717, 1.165) is 4.68 Å². The van der Waals surface area contributed by atoms with Gasteiger partial charge in [0.15, 0.2) is 5.69 Å². The minimum Gasteiger partial charge on any atom is -0.461 e. The maximum Gasteiger partial charge on any atom is 0.359 e. The number of rotatable bonds is 3. The summed E-state index contributed by atoms with van der Waals surface area (Å²) in [6.45, 7) is 1.89. The lowest BCUT2D eigenvalue weighted by Crippen LogP contribution is -2.14. The fourth-order valence-corrected chi connectivity index (χ4v) is 1.57. The van der Waals surface area contributed by atoms with Gasteiger partial charge in [0.2, 0.25) is 0 Å². The molecule has 2 aromatic rings. The van der Waals surface area contributed by atoms with Crippen molar-refractivity contribution in [3.63, 3.8) is 0 Å². The molecular formula is C12H12FN3O2.